The van der Waals surface area contributed by atoms with Crippen LogP contribution in [-0.2, 0) is 0 Å². The monoisotopic (exact) mass is 196 g/mol. The Balaban J connectivity index is 4.38. The van der Waals surface area contributed by atoms with Gasteiger partial charge in [0.25, 0.3) is 0 Å². The summed E-state index contributed by atoms with van der Waals surface area (Å²) in [5.41, 5.74) is 16.6. The van der Waals surface area contributed by atoms with E-state index in [1.807, 2.05) is 13.8 Å². The minimum Gasteiger partial charge on any atom is -0.0937 e. The van der Waals surface area contributed by atoms with Crippen LogP contribution >= 0.6 is 0 Å². The van der Waals surface area contributed by atoms with Crippen molar-refractivity contribution in [3.63, 3.8) is 0 Å². The Morgan fingerprint density at radius 1 is 1.21 bits per heavy atom. The lowest BCUT2D eigenvalue weighted by Crippen LogP contribution is -2.20. The van der Waals surface area contributed by atoms with E-state index in [4.69, 9.17) is 11.1 Å². The molecule has 0 aliphatic carbocycles. The van der Waals surface area contributed by atoms with Crippen molar-refractivity contribution in [1.82, 2.24) is 0 Å². The van der Waals surface area contributed by atoms with Gasteiger partial charge in [0.1, 0.15) is 0 Å². The standard InChI is InChI=1S/C8H16N6/c1-3-5-8(12-14-10)7(4-2)6-11-13-9/h7-8H,3-6H2,1-2H3. The molecule has 0 amide bonds. The van der Waals surface area contributed by atoms with Crippen molar-refractivity contribution in [3.8, 4) is 0 Å². The van der Waals surface area contributed by atoms with Crippen LogP contribution in [0.5, 0.6) is 0 Å². The fourth-order valence-electron chi connectivity index (χ4n) is 1.41. The van der Waals surface area contributed by atoms with Crippen molar-refractivity contribution < 1.29 is 0 Å². The number of hydrogen-bond donors (Lipinski definition) is 0. The SMILES string of the molecule is CCCC(N=[N+]=[N-])C(CC)CN=[N+]=[N-]. The molecule has 0 aromatic carbocycles. The highest BCUT2D eigenvalue weighted by atomic mass is 15.2. The molecule has 0 saturated heterocycles. The van der Waals surface area contributed by atoms with Crippen LogP contribution in [0.25, 0.3) is 20.9 Å². The van der Waals surface area contributed by atoms with E-state index >= 15 is 0 Å². The normalized spacial score (nSPS) is 13.6. The summed E-state index contributed by atoms with van der Waals surface area (Å²) in [5.74, 6) is 0.168. The molecule has 6 nitrogen and oxygen atoms in total. The molecular formula is C8H16N6. The van der Waals surface area contributed by atoms with Crippen LogP contribution in [0, 0.1) is 5.92 Å². The Labute approximate surface area is 83.6 Å². The fraction of sp³-hybridized carbons (Fsp3) is 1.00. The summed E-state index contributed by atoms with van der Waals surface area (Å²) < 4.78 is 0. The summed E-state index contributed by atoms with van der Waals surface area (Å²) in [6, 6.07) is -0.0412. The molecule has 0 aliphatic heterocycles. The molecule has 0 bridgehead atoms. The summed E-state index contributed by atoms with van der Waals surface area (Å²) in [4.78, 5) is 5.54. The van der Waals surface area contributed by atoms with Crippen molar-refractivity contribution >= 4 is 0 Å². The summed E-state index contributed by atoms with van der Waals surface area (Å²) in [5, 5.41) is 7.26. The number of nitrogens with zero attached hydrogens (tertiary/aromatic N) is 6. The Kier molecular flexibility index (Phi) is 7.42. The maximum Gasteiger partial charge on any atom is 0.0403 e. The number of rotatable bonds is 7. The highest BCUT2D eigenvalue weighted by molar-refractivity contribution is 4.77. The molecule has 0 heterocycles. The smallest absolute Gasteiger partial charge is 0.0403 e. The van der Waals surface area contributed by atoms with Gasteiger partial charge in [0.2, 0.25) is 0 Å². The lowest BCUT2D eigenvalue weighted by molar-refractivity contribution is 0.393. The van der Waals surface area contributed by atoms with Gasteiger partial charge in [0.15, 0.2) is 0 Å². The van der Waals surface area contributed by atoms with Gasteiger partial charge in [-0.25, -0.2) is 0 Å². The molecule has 2 atom stereocenters. The van der Waals surface area contributed by atoms with Gasteiger partial charge in [-0.2, -0.15) is 0 Å². The number of azide groups is 2. The molecule has 0 N–H and O–H groups in total. The van der Waals surface area contributed by atoms with Crippen molar-refractivity contribution in [2.24, 2.45) is 16.1 Å². The summed E-state index contributed by atoms with van der Waals surface area (Å²) in [6.07, 6.45) is 2.68. The predicted octanol–water partition coefficient (Wildman–Crippen LogP) is 3.80. The average molecular weight is 196 g/mol. The molecule has 0 spiro atoms. The van der Waals surface area contributed by atoms with E-state index in [9.17, 15) is 0 Å². The topological polar surface area (TPSA) is 97.5 Å². The molecule has 0 aromatic heterocycles. The number of hydrogen-bond acceptors (Lipinski definition) is 2. The third kappa shape index (κ3) is 4.60. The highest BCUT2D eigenvalue weighted by Gasteiger charge is 2.16. The first kappa shape index (κ1) is 12.6. The van der Waals surface area contributed by atoms with Crippen molar-refractivity contribution in [1.29, 1.82) is 0 Å². The molecule has 0 aromatic rings. The minimum atomic E-state index is -0.0412. The van der Waals surface area contributed by atoms with Crippen LogP contribution in [0.4, 0.5) is 0 Å². The van der Waals surface area contributed by atoms with Gasteiger partial charge in [0, 0.05) is 22.4 Å². The second-order valence-corrected chi connectivity index (χ2v) is 3.14. The molecule has 0 aliphatic rings. The summed E-state index contributed by atoms with van der Waals surface area (Å²) >= 11 is 0. The first-order valence-corrected chi connectivity index (χ1v) is 4.85. The zero-order chi connectivity index (χ0) is 10.8. The summed E-state index contributed by atoms with van der Waals surface area (Å²) in [7, 11) is 0. The van der Waals surface area contributed by atoms with Crippen molar-refractivity contribution in [3.05, 3.63) is 20.9 Å². The van der Waals surface area contributed by atoms with Crippen LogP contribution in [0.1, 0.15) is 33.1 Å². The van der Waals surface area contributed by atoms with E-state index in [2.05, 4.69) is 20.1 Å². The van der Waals surface area contributed by atoms with Crippen LogP contribution in [0.3, 0.4) is 0 Å². The van der Waals surface area contributed by atoms with Gasteiger partial charge >= 0.3 is 0 Å². The molecular weight excluding hydrogens is 180 g/mol. The maximum atomic E-state index is 8.39. The van der Waals surface area contributed by atoms with Gasteiger partial charge in [-0.15, -0.1) is 0 Å². The van der Waals surface area contributed by atoms with E-state index < -0.39 is 0 Å². The predicted molar refractivity (Wildman–Crippen MR) is 55.6 cm³/mol. The first-order valence-electron chi connectivity index (χ1n) is 4.85. The zero-order valence-electron chi connectivity index (χ0n) is 8.67. The van der Waals surface area contributed by atoms with Crippen LogP contribution in [0.2, 0.25) is 0 Å². The molecule has 14 heavy (non-hydrogen) atoms. The quantitative estimate of drug-likeness (QED) is 0.336. The van der Waals surface area contributed by atoms with E-state index in [1.54, 1.807) is 0 Å². The molecule has 0 saturated carbocycles. The Morgan fingerprint density at radius 3 is 2.36 bits per heavy atom. The van der Waals surface area contributed by atoms with E-state index in [0.29, 0.717) is 6.54 Å². The molecule has 0 rings (SSSR count). The van der Waals surface area contributed by atoms with Gasteiger partial charge in [-0.3, -0.25) is 0 Å². The largest absolute Gasteiger partial charge is 0.0937 e. The third-order valence-corrected chi connectivity index (χ3v) is 2.23. The Morgan fingerprint density at radius 2 is 1.93 bits per heavy atom. The molecule has 0 radical (unpaired) electrons. The average Bonchev–Trinajstić information content (AvgIpc) is 2.19. The van der Waals surface area contributed by atoms with Crippen LogP contribution < -0.4 is 0 Å². The van der Waals surface area contributed by atoms with E-state index in [1.165, 1.54) is 0 Å². The second-order valence-electron chi connectivity index (χ2n) is 3.14. The fourth-order valence-corrected chi connectivity index (χ4v) is 1.41. The second kappa shape index (κ2) is 8.23. The van der Waals surface area contributed by atoms with Gasteiger partial charge in [-0.1, -0.05) is 36.9 Å². The minimum absolute atomic E-state index is 0.0412. The van der Waals surface area contributed by atoms with Gasteiger partial charge in [-0.05, 0) is 23.4 Å². The van der Waals surface area contributed by atoms with Gasteiger partial charge < -0.3 is 0 Å². The Bertz CT molecular complexity index is 238. The van der Waals surface area contributed by atoms with E-state index in [-0.39, 0.29) is 12.0 Å². The van der Waals surface area contributed by atoms with Crippen LogP contribution in [-0.4, -0.2) is 12.6 Å². The maximum absolute atomic E-state index is 8.39. The van der Waals surface area contributed by atoms with Crippen molar-refractivity contribution in [2.45, 2.75) is 39.2 Å². The van der Waals surface area contributed by atoms with Crippen LogP contribution in [0.15, 0.2) is 10.2 Å². The lowest BCUT2D eigenvalue weighted by atomic mass is 9.94. The van der Waals surface area contributed by atoms with Gasteiger partial charge in [0.05, 0.1) is 0 Å². The molecule has 2 unspecified atom stereocenters. The van der Waals surface area contributed by atoms with E-state index in [0.717, 1.165) is 19.3 Å². The highest BCUT2D eigenvalue weighted by Crippen LogP contribution is 2.18. The summed E-state index contributed by atoms with van der Waals surface area (Å²) in [6.45, 7) is 4.46. The third-order valence-electron chi connectivity index (χ3n) is 2.23. The first-order chi connectivity index (χ1) is 6.79. The molecule has 78 valence electrons. The zero-order valence-corrected chi connectivity index (χ0v) is 8.67. The molecule has 6 heteroatoms. The Hall–Kier alpha value is -1.38. The van der Waals surface area contributed by atoms with Crippen molar-refractivity contribution in [2.75, 3.05) is 6.54 Å². The molecule has 0 fully saturated rings. The lowest BCUT2D eigenvalue weighted by Gasteiger charge is -2.19.